The van der Waals surface area contributed by atoms with Crippen LogP contribution in [-0.4, -0.2) is 22.9 Å². The summed E-state index contributed by atoms with van der Waals surface area (Å²) in [5.41, 5.74) is 7.91. The van der Waals surface area contributed by atoms with Crippen LogP contribution in [0.3, 0.4) is 0 Å². The molecule has 0 spiro atoms. The van der Waals surface area contributed by atoms with E-state index in [0.29, 0.717) is 12.1 Å². The molecule has 0 bridgehead atoms. The molecule has 5 nitrogen and oxygen atoms in total. The number of nitrogens with zero attached hydrogens (tertiary/aromatic N) is 3. The largest absolute Gasteiger partial charge is 0.367 e. The number of pyridine rings is 1. The van der Waals surface area contributed by atoms with E-state index in [0.717, 1.165) is 23.5 Å². The van der Waals surface area contributed by atoms with Gasteiger partial charge in [0, 0.05) is 24.3 Å². The highest BCUT2D eigenvalue weighted by atomic mass is 32.1. The first-order chi connectivity index (χ1) is 10.1. The van der Waals surface area contributed by atoms with Crippen molar-refractivity contribution in [2.24, 2.45) is 5.73 Å². The second-order valence-electron chi connectivity index (χ2n) is 5.30. The minimum Gasteiger partial charge on any atom is -0.367 e. The fraction of sp³-hybridized carbons (Fsp3) is 0.400. The van der Waals surface area contributed by atoms with E-state index in [-0.39, 0.29) is 0 Å². The van der Waals surface area contributed by atoms with Gasteiger partial charge in [-0.1, -0.05) is 0 Å². The zero-order valence-corrected chi connectivity index (χ0v) is 12.8. The van der Waals surface area contributed by atoms with Crippen molar-refractivity contribution in [3.63, 3.8) is 0 Å². The van der Waals surface area contributed by atoms with Gasteiger partial charge in [-0.3, -0.25) is 9.78 Å². The SMILES string of the molecule is CN(Cc1nc2c(s1)CCCC2)c1ccncc1C(N)=O. The van der Waals surface area contributed by atoms with Crippen molar-refractivity contribution in [2.45, 2.75) is 32.2 Å². The van der Waals surface area contributed by atoms with Crippen LogP contribution in [0.2, 0.25) is 0 Å². The summed E-state index contributed by atoms with van der Waals surface area (Å²) < 4.78 is 0. The van der Waals surface area contributed by atoms with Crippen LogP contribution in [0.4, 0.5) is 5.69 Å². The lowest BCUT2D eigenvalue weighted by Gasteiger charge is -2.19. The van der Waals surface area contributed by atoms with Gasteiger partial charge in [-0.05, 0) is 31.7 Å². The molecular weight excluding hydrogens is 284 g/mol. The third-order valence-electron chi connectivity index (χ3n) is 3.74. The van der Waals surface area contributed by atoms with Gasteiger partial charge in [-0.15, -0.1) is 11.3 Å². The van der Waals surface area contributed by atoms with Crippen LogP contribution < -0.4 is 10.6 Å². The van der Waals surface area contributed by atoms with Crippen LogP contribution in [0.5, 0.6) is 0 Å². The smallest absolute Gasteiger partial charge is 0.252 e. The fourth-order valence-electron chi connectivity index (χ4n) is 2.67. The molecule has 1 amide bonds. The Balaban J connectivity index is 1.82. The van der Waals surface area contributed by atoms with Gasteiger partial charge in [0.1, 0.15) is 5.01 Å². The number of amides is 1. The zero-order valence-electron chi connectivity index (χ0n) is 12.0. The number of hydrogen-bond donors (Lipinski definition) is 1. The molecule has 0 saturated carbocycles. The molecule has 0 saturated heterocycles. The van der Waals surface area contributed by atoms with Gasteiger partial charge in [0.2, 0.25) is 0 Å². The maximum absolute atomic E-state index is 11.5. The molecule has 1 aliphatic rings. The Kier molecular flexibility index (Phi) is 3.88. The lowest BCUT2D eigenvalue weighted by molar-refractivity contribution is 0.100. The second-order valence-corrected chi connectivity index (χ2v) is 6.47. The van der Waals surface area contributed by atoms with E-state index in [2.05, 4.69) is 4.98 Å². The Morgan fingerprint density at radius 2 is 2.24 bits per heavy atom. The van der Waals surface area contributed by atoms with Gasteiger partial charge < -0.3 is 10.6 Å². The highest BCUT2D eigenvalue weighted by molar-refractivity contribution is 7.11. The quantitative estimate of drug-likeness (QED) is 0.939. The molecule has 21 heavy (non-hydrogen) atoms. The second kappa shape index (κ2) is 5.81. The maximum atomic E-state index is 11.5. The first kappa shape index (κ1) is 14.0. The summed E-state index contributed by atoms with van der Waals surface area (Å²) in [6, 6.07) is 1.81. The number of aryl methyl sites for hydroxylation is 2. The average Bonchev–Trinajstić information content (AvgIpc) is 2.89. The number of carbonyl (C=O) groups is 1. The molecule has 0 atom stereocenters. The number of anilines is 1. The number of hydrogen-bond acceptors (Lipinski definition) is 5. The number of rotatable bonds is 4. The molecule has 0 aromatic carbocycles. The highest BCUT2D eigenvalue weighted by Gasteiger charge is 2.17. The Morgan fingerprint density at radius 3 is 3.00 bits per heavy atom. The number of fused-ring (bicyclic) bond motifs is 1. The maximum Gasteiger partial charge on any atom is 0.252 e. The van der Waals surface area contributed by atoms with Crippen LogP contribution >= 0.6 is 11.3 Å². The molecule has 6 heteroatoms. The van der Waals surface area contributed by atoms with E-state index in [9.17, 15) is 4.79 Å². The van der Waals surface area contributed by atoms with Crippen molar-refractivity contribution in [2.75, 3.05) is 11.9 Å². The molecule has 2 heterocycles. The van der Waals surface area contributed by atoms with E-state index < -0.39 is 5.91 Å². The summed E-state index contributed by atoms with van der Waals surface area (Å²) in [5.74, 6) is -0.455. The van der Waals surface area contributed by atoms with Crippen molar-refractivity contribution in [1.82, 2.24) is 9.97 Å². The van der Waals surface area contributed by atoms with Crippen molar-refractivity contribution in [3.05, 3.63) is 39.6 Å². The van der Waals surface area contributed by atoms with E-state index >= 15 is 0 Å². The minimum atomic E-state index is -0.455. The number of carbonyl (C=O) groups excluding carboxylic acids is 1. The molecular formula is C15H18N4OS. The van der Waals surface area contributed by atoms with E-state index in [4.69, 9.17) is 10.7 Å². The summed E-state index contributed by atoms with van der Waals surface area (Å²) >= 11 is 1.79. The van der Waals surface area contributed by atoms with E-state index in [1.165, 1.54) is 29.6 Å². The number of nitrogens with two attached hydrogens (primary N) is 1. The van der Waals surface area contributed by atoms with E-state index in [1.807, 2.05) is 18.0 Å². The topological polar surface area (TPSA) is 72.1 Å². The first-order valence-electron chi connectivity index (χ1n) is 7.07. The molecule has 2 aromatic rings. The predicted octanol–water partition coefficient (Wildman–Crippen LogP) is 2.15. The molecule has 1 aliphatic carbocycles. The standard InChI is InChI=1S/C15H18N4OS/c1-19(12-6-7-17-8-10(12)15(16)20)9-14-18-11-4-2-3-5-13(11)21-14/h6-8H,2-5,9H2,1H3,(H2,16,20). The van der Waals surface area contributed by atoms with Crippen molar-refractivity contribution < 1.29 is 4.79 Å². The number of primary amides is 1. The molecule has 0 radical (unpaired) electrons. The molecule has 110 valence electrons. The summed E-state index contributed by atoms with van der Waals surface area (Å²) in [6.07, 6.45) is 7.94. The zero-order chi connectivity index (χ0) is 14.8. The van der Waals surface area contributed by atoms with E-state index in [1.54, 1.807) is 17.5 Å². The van der Waals surface area contributed by atoms with Gasteiger partial charge in [0.25, 0.3) is 5.91 Å². The Bertz CT molecular complexity index is 644. The summed E-state index contributed by atoms with van der Waals surface area (Å²) in [4.78, 5) is 23.6. The van der Waals surface area contributed by atoms with Crippen molar-refractivity contribution in [3.8, 4) is 0 Å². The Hall–Kier alpha value is -1.95. The molecule has 2 N–H and O–H groups in total. The lowest BCUT2D eigenvalue weighted by Crippen LogP contribution is -2.22. The van der Waals surface area contributed by atoms with Gasteiger partial charge in [0.15, 0.2) is 0 Å². The van der Waals surface area contributed by atoms with Crippen LogP contribution in [0.1, 0.15) is 38.8 Å². The predicted molar refractivity (Wildman–Crippen MR) is 83.6 cm³/mol. The summed E-state index contributed by atoms with van der Waals surface area (Å²) in [5, 5.41) is 1.09. The van der Waals surface area contributed by atoms with Gasteiger partial charge in [-0.2, -0.15) is 0 Å². The normalized spacial score (nSPS) is 13.8. The minimum absolute atomic E-state index is 0.446. The van der Waals surface area contributed by atoms with Gasteiger partial charge >= 0.3 is 0 Å². The molecule has 2 aromatic heterocycles. The van der Waals surface area contributed by atoms with Crippen molar-refractivity contribution in [1.29, 1.82) is 0 Å². The lowest BCUT2D eigenvalue weighted by atomic mass is 10.0. The molecule has 3 rings (SSSR count). The Labute approximate surface area is 127 Å². The fourth-order valence-corrected chi connectivity index (χ4v) is 3.88. The highest BCUT2D eigenvalue weighted by Crippen LogP contribution is 2.28. The van der Waals surface area contributed by atoms with Crippen molar-refractivity contribution >= 4 is 22.9 Å². The molecule has 0 unspecified atom stereocenters. The van der Waals surface area contributed by atoms with Crippen LogP contribution in [0.15, 0.2) is 18.5 Å². The monoisotopic (exact) mass is 302 g/mol. The first-order valence-corrected chi connectivity index (χ1v) is 7.89. The summed E-state index contributed by atoms with van der Waals surface area (Å²) in [6.45, 7) is 0.682. The van der Waals surface area contributed by atoms with Crippen LogP contribution in [0, 0.1) is 0 Å². The number of thiazole rings is 1. The van der Waals surface area contributed by atoms with Crippen LogP contribution in [-0.2, 0) is 19.4 Å². The number of aromatic nitrogens is 2. The summed E-state index contributed by atoms with van der Waals surface area (Å²) in [7, 11) is 1.95. The average molecular weight is 302 g/mol. The van der Waals surface area contributed by atoms with Crippen LogP contribution in [0.25, 0.3) is 0 Å². The Morgan fingerprint density at radius 1 is 1.43 bits per heavy atom. The molecule has 0 fully saturated rings. The third-order valence-corrected chi connectivity index (χ3v) is 4.88. The van der Waals surface area contributed by atoms with Gasteiger partial charge in [-0.25, -0.2) is 4.98 Å². The third kappa shape index (κ3) is 2.90. The molecule has 0 aliphatic heterocycles. The van der Waals surface area contributed by atoms with Gasteiger partial charge in [0.05, 0.1) is 23.5 Å².